The van der Waals surface area contributed by atoms with Crippen molar-refractivity contribution in [2.75, 3.05) is 13.2 Å². The smallest absolute Gasteiger partial charge is 0.208 e. The van der Waals surface area contributed by atoms with Gasteiger partial charge in [-0.25, -0.2) is 9.67 Å². The van der Waals surface area contributed by atoms with Gasteiger partial charge in [0.15, 0.2) is 0 Å². The number of aromatic nitrogens is 3. The van der Waals surface area contributed by atoms with Crippen LogP contribution in [0.4, 0.5) is 0 Å². The van der Waals surface area contributed by atoms with Gasteiger partial charge in [0, 0.05) is 6.61 Å². The molecule has 0 radical (unpaired) electrons. The third-order valence-electron chi connectivity index (χ3n) is 1.86. The van der Waals surface area contributed by atoms with E-state index in [1.807, 2.05) is 0 Å². The van der Waals surface area contributed by atoms with Gasteiger partial charge in [-0.05, 0) is 6.42 Å². The molecule has 0 aliphatic heterocycles. The molecule has 0 aromatic carbocycles. The molecule has 0 fully saturated rings. The van der Waals surface area contributed by atoms with Crippen molar-refractivity contribution in [1.82, 2.24) is 14.8 Å². The minimum absolute atomic E-state index is 0.223. The summed E-state index contributed by atoms with van der Waals surface area (Å²) < 4.78 is 7.08. The van der Waals surface area contributed by atoms with Crippen molar-refractivity contribution in [2.24, 2.45) is 5.73 Å². The Morgan fingerprint density at radius 1 is 1.60 bits per heavy atom. The van der Waals surface area contributed by atoms with Crippen molar-refractivity contribution in [1.29, 1.82) is 0 Å². The summed E-state index contributed by atoms with van der Waals surface area (Å²) in [7, 11) is 0. The predicted molar refractivity (Wildman–Crippen MR) is 61.6 cm³/mol. The summed E-state index contributed by atoms with van der Waals surface area (Å²) in [6.45, 7) is 4.25. The Bertz CT molecular complexity index is 313. The zero-order chi connectivity index (χ0) is 11.1. The zero-order valence-corrected chi connectivity index (χ0v) is 9.66. The van der Waals surface area contributed by atoms with Gasteiger partial charge in [-0.1, -0.05) is 25.6 Å². The van der Waals surface area contributed by atoms with Crippen LogP contribution >= 0.6 is 12.2 Å². The molecule has 1 heterocycles. The fourth-order valence-electron chi connectivity index (χ4n) is 1.02. The topological polar surface area (TPSA) is 66.0 Å². The van der Waals surface area contributed by atoms with Crippen molar-refractivity contribution in [2.45, 2.75) is 26.3 Å². The maximum absolute atomic E-state index is 5.40. The summed E-state index contributed by atoms with van der Waals surface area (Å²) in [5.41, 5.74) is 5.38. The van der Waals surface area contributed by atoms with E-state index in [2.05, 4.69) is 17.0 Å². The average Bonchev–Trinajstić information content (AvgIpc) is 2.66. The first-order valence-electron chi connectivity index (χ1n) is 5.01. The fraction of sp³-hybridized carbons (Fsp3) is 0.667. The van der Waals surface area contributed by atoms with Gasteiger partial charge < -0.3 is 10.5 Å². The van der Waals surface area contributed by atoms with E-state index >= 15 is 0 Å². The van der Waals surface area contributed by atoms with Crippen LogP contribution in [0.3, 0.4) is 0 Å². The van der Waals surface area contributed by atoms with Crippen molar-refractivity contribution in [3.05, 3.63) is 12.2 Å². The van der Waals surface area contributed by atoms with Crippen LogP contribution in [0.1, 0.15) is 25.6 Å². The molecule has 15 heavy (non-hydrogen) atoms. The molecule has 0 spiro atoms. The maximum Gasteiger partial charge on any atom is 0.208 e. The summed E-state index contributed by atoms with van der Waals surface area (Å²) in [6.07, 6.45) is 3.85. The molecule has 0 aliphatic rings. The molecule has 1 aromatic heterocycles. The summed E-state index contributed by atoms with van der Waals surface area (Å²) >= 11 is 4.75. The van der Waals surface area contributed by atoms with Crippen LogP contribution in [0, 0.1) is 0 Å². The zero-order valence-electron chi connectivity index (χ0n) is 8.85. The second-order valence-electron chi connectivity index (χ2n) is 3.16. The highest BCUT2D eigenvalue weighted by Gasteiger charge is 2.02. The fourth-order valence-corrected chi connectivity index (χ4v) is 1.12. The van der Waals surface area contributed by atoms with Gasteiger partial charge in [0.05, 0.1) is 13.2 Å². The van der Waals surface area contributed by atoms with Crippen molar-refractivity contribution >= 4 is 17.2 Å². The average molecular weight is 228 g/mol. The lowest BCUT2D eigenvalue weighted by Crippen LogP contribution is -2.13. The molecule has 0 unspecified atom stereocenters. The monoisotopic (exact) mass is 228 g/mol. The normalized spacial score (nSPS) is 10.5. The molecule has 0 bridgehead atoms. The van der Waals surface area contributed by atoms with E-state index in [0.717, 1.165) is 19.4 Å². The van der Waals surface area contributed by atoms with Crippen molar-refractivity contribution in [3.63, 3.8) is 0 Å². The number of unbranched alkanes of at least 4 members (excludes halogenated alkanes) is 1. The van der Waals surface area contributed by atoms with Crippen molar-refractivity contribution < 1.29 is 4.74 Å². The molecular weight excluding hydrogens is 212 g/mol. The number of nitrogens with two attached hydrogens (primary N) is 1. The lowest BCUT2D eigenvalue weighted by molar-refractivity contribution is 0.121. The van der Waals surface area contributed by atoms with Crippen LogP contribution in [0.15, 0.2) is 6.33 Å². The highest BCUT2D eigenvalue weighted by Crippen LogP contribution is 1.92. The maximum atomic E-state index is 5.40. The van der Waals surface area contributed by atoms with Crippen LogP contribution in [0.25, 0.3) is 0 Å². The van der Waals surface area contributed by atoms with Crippen LogP contribution in [0.2, 0.25) is 0 Å². The minimum Gasteiger partial charge on any atom is -0.387 e. The van der Waals surface area contributed by atoms with E-state index in [1.165, 1.54) is 0 Å². The molecule has 0 saturated carbocycles. The Hall–Kier alpha value is -1.01. The van der Waals surface area contributed by atoms with E-state index in [0.29, 0.717) is 19.0 Å². The van der Waals surface area contributed by atoms with Gasteiger partial charge in [-0.3, -0.25) is 0 Å². The van der Waals surface area contributed by atoms with E-state index in [1.54, 1.807) is 11.0 Å². The highest BCUT2D eigenvalue weighted by atomic mass is 32.1. The SMILES string of the molecule is CCCCOCCn1cnc(C(N)=S)n1. The summed E-state index contributed by atoms with van der Waals surface area (Å²) in [5, 5.41) is 4.09. The number of thiocarbonyl (C=S) groups is 1. The third-order valence-corrected chi connectivity index (χ3v) is 2.05. The standard InChI is InChI=1S/C9H16N4OS/c1-2-3-5-14-6-4-13-7-11-9(12-13)8(10)15/h7H,2-6H2,1H3,(H2,10,15). The molecule has 2 N–H and O–H groups in total. The predicted octanol–water partition coefficient (Wildman–Crippen LogP) is 0.729. The minimum atomic E-state index is 0.223. The van der Waals surface area contributed by atoms with Gasteiger partial charge in [0.1, 0.15) is 11.3 Å². The lowest BCUT2D eigenvalue weighted by Gasteiger charge is -2.02. The Kier molecular flexibility index (Phi) is 5.20. The van der Waals surface area contributed by atoms with Gasteiger partial charge in [-0.2, -0.15) is 0 Å². The van der Waals surface area contributed by atoms with Gasteiger partial charge in [-0.15, -0.1) is 5.10 Å². The van der Waals surface area contributed by atoms with Gasteiger partial charge in [0.25, 0.3) is 0 Å². The third kappa shape index (κ3) is 4.35. The summed E-state index contributed by atoms with van der Waals surface area (Å²) in [6, 6.07) is 0. The van der Waals surface area contributed by atoms with E-state index < -0.39 is 0 Å². The van der Waals surface area contributed by atoms with E-state index in [9.17, 15) is 0 Å². The number of ether oxygens (including phenoxy) is 1. The molecule has 0 amide bonds. The van der Waals surface area contributed by atoms with Crippen LogP contribution in [0.5, 0.6) is 0 Å². The summed E-state index contributed by atoms with van der Waals surface area (Å²) in [5.74, 6) is 0.415. The Balaban J connectivity index is 2.23. The van der Waals surface area contributed by atoms with Crippen LogP contribution in [-0.2, 0) is 11.3 Å². The molecule has 0 saturated heterocycles. The second-order valence-corrected chi connectivity index (χ2v) is 3.60. The molecule has 84 valence electrons. The Labute approximate surface area is 94.6 Å². The number of nitrogens with zero attached hydrogens (tertiary/aromatic N) is 3. The lowest BCUT2D eigenvalue weighted by atomic mass is 10.4. The highest BCUT2D eigenvalue weighted by molar-refractivity contribution is 7.80. The molecule has 6 heteroatoms. The van der Waals surface area contributed by atoms with Gasteiger partial charge in [0.2, 0.25) is 5.82 Å². The molecule has 0 aliphatic carbocycles. The van der Waals surface area contributed by atoms with Gasteiger partial charge >= 0.3 is 0 Å². The molecular formula is C9H16N4OS. The summed E-state index contributed by atoms with van der Waals surface area (Å²) in [4.78, 5) is 4.18. The van der Waals surface area contributed by atoms with Crippen LogP contribution < -0.4 is 5.73 Å². The second kappa shape index (κ2) is 6.47. The molecule has 1 rings (SSSR count). The quantitative estimate of drug-likeness (QED) is 0.550. The number of rotatable bonds is 7. The molecule has 5 nitrogen and oxygen atoms in total. The van der Waals surface area contributed by atoms with E-state index in [-0.39, 0.29) is 4.99 Å². The largest absolute Gasteiger partial charge is 0.387 e. The number of hydrogen-bond donors (Lipinski definition) is 1. The van der Waals surface area contributed by atoms with Crippen molar-refractivity contribution in [3.8, 4) is 0 Å². The molecule has 0 atom stereocenters. The Morgan fingerprint density at radius 2 is 2.40 bits per heavy atom. The number of hydrogen-bond acceptors (Lipinski definition) is 4. The first-order valence-corrected chi connectivity index (χ1v) is 5.42. The Morgan fingerprint density at radius 3 is 3.00 bits per heavy atom. The first kappa shape index (κ1) is 12.1. The van der Waals surface area contributed by atoms with E-state index in [4.69, 9.17) is 22.7 Å². The van der Waals surface area contributed by atoms with Crippen LogP contribution in [-0.4, -0.2) is 33.0 Å². The first-order chi connectivity index (χ1) is 7.24. The molecule has 1 aromatic rings.